The summed E-state index contributed by atoms with van der Waals surface area (Å²) < 4.78 is 0. The number of carbonyl (C=O) groups excluding carboxylic acids is 1. The molecular weight excluding hydrogens is 152 g/mol. The molecule has 12 heavy (non-hydrogen) atoms. The second-order valence-corrected chi connectivity index (χ2v) is 2.87. The summed E-state index contributed by atoms with van der Waals surface area (Å²) in [6.07, 6.45) is 0. The van der Waals surface area contributed by atoms with Crippen molar-refractivity contribution in [1.29, 1.82) is 0 Å². The summed E-state index contributed by atoms with van der Waals surface area (Å²) in [6.45, 7) is 2.06. The fraction of sp³-hybridized carbons (Fsp3) is 0.222. The van der Waals surface area contributed by atoms with Crippen LogP contribution in [0.15, 0.2) is 24.3 Å². The minimum atomic E-state index is -0.350. The number of nitrogens with two attached hydrogens (primary N) is 1. The van der Waals surface area contributed by atoms with Gasteiger partial charge in [0, 0.05) is 18.8 Å². The van der Waals surface area contributed by atoms with Crippen molar-refractivity contribution >= 4 is 11.6 Å². The van der Waals surface area contributed by atoms with Gasteiger partial charge in [-0.05, 0) is 12.1 Å². The summed E-state index contributed by atoms with van der Waals surface area (Å²) in [5, 5.41) is 0. The Hall–Kier alpha value is -1.51. The van der Waals surface area contributed by atoms with Gasteiger partial charge < -0.3 is 10.6 Å². The Morgan fingerprint density at radius 1 is 1.33 bits per heavy atom. The highest BCUT2D eigenvalue weighted by atomic mass is 16.1. The summed E-state index contributed by atoms with van der Waals surface area (Å²) in [7, 11) is 0. The third-order valence-electron chi connectivity index (χ3n) is 1.96. The molecule has 0 spiro atoms. The van der Waals surface area contributed by atoms with E-state index in [1.165, 1.54) is 0 Å². The first-order chi connectivity index (χ1) is 5.79. The number of primary amides is 1. The number of rotatable bonds is 2. The Morgan fingerprint density at radius 3 is 2.58 bits per heavy atom. The van der Waals surface area contributed by atoms with E-state index in [0.29, 0.717) is 5.56 Å². The Balaban J connectivity index is 2.43. The van der Waals surface area contributed by atoms with Gasteiger partial charge in [0.25, 0.3) is 5.91 Å². The molecule has 0 aromatic heterocycles. The van der Waals surface area contributed by atoms with Gasteiger partial charge in [0.2, 0.25) is 0 Å². The maximum Gasteiger partial charge on any atom is 0.250 e. The van der Waals surface area contributed by atoms with Gasteiger partial charge in [0.05, 0.1) is 5.56 Å². The predicted octanol–water partition coefficient (Wildman–Crippen LogP) is 0.605. The smallest absolute Gasteiger partial charge is 0.250 e. The summed E-state index contributed by atoms with van der Waals surface area (Å²) >= 11 is 0. The zero-order chi connectivity index (χ0) is 8.55. The predicted molar refractivity (Wildman–Crippen MR) is 47.2 cm³/mol. The van der Waals surface area contributed by atoms with Crippen LogP contribution in [0.1, 0.15) is 10.4 Å². The molecule has 62 valence electrons. The lowest BCUT2D eigenvalue weighted by atomic mass is 10.1. The SMILES string of the molecule is NC(=O)c1ccccc1N1CC1. The molecule has 1 aliphatic rings. The highest BCUT2D eigenvalue weighted by Crippen LogP contribution is 2.24. The van der Waals surface area contributed by atoms with Crippen LogP contribution >= 0.6 is 0 Å². The van der Waals surface area contributed by atoms with E-state index in [1.54, 1.807) is 6.07 Å². The van der Waals surface area contributed by atoms with Crippen LogP contribution in [0.25, 0.3) is 0 Å². The molecule has 0 unspecified atom stereocenters. The number of hydrogen-bond donors (Lipinski definition) is 1. The van der Waals surface area contributed by atoms with Crippen molar-refractivity contribution in [3.63, 3.8) is 0 Å². The van der Waals surface area contributed by atoms with Crippen LogP contribution in [-0.2, 0) is 0 Å². The van der Waals surface area contributed by atoms with Gasteiger partial charge in [0.15, 0.2) is 0 Å². The van der Waals surface area contributed by atoms with Gasteiger partial charge in [0.1, 0.15) is 0 Å². The summed E-state index contributed by atoms with van der Waals surface area (Å²) in [5.41, 5.74) is 6.80. The molecule has 0 bridgehead atoms. The minimum absolute atomic E-state index is 0.350. The second kappa shape index (κ2) is 2.52. The van der Waals surface area contributed by atoms with E-state index < -0.39 is 0 Å². The topological polar surface area (TPSA) is 46.1 Å². The maximum atomic E-state index is 10.9. The molecular formula is C9H10N2O. The normalized spacial score (nSPS) is 14.5. The zero-order valence-electron chi connectivity index (χ0n) is 6.66. The first-order valence-electron chi connectivity index (χ1n) is 3.93. The molecule has 2 rings (SSSR count). The third kappa shape index (κ3) is 1.13. The van der Waals surface area contributed by atoms with E-state index in [2.05, 4.69) is 4.90 Å². The number of carbonyl (C=O) groups is 1. The summed E-state index contributed by atoms with van der Waals surface area (Å²) in [5.74, 6) is -0.350. The lowest BCUT2D eigenvalue weighted by Crippen LogP contribution is -2.13. The number of hydrogen-bond acceptors (Lipinski definition) is 2. The van der Waals surface area contributed by atoms with Gasteiger partial charge in [-0.1, -0.05) is 12.1 Å². The molecule has 1 aliphatic heterocycles. The largest absolute Gasteiger partial charge is 0.367 e. The van der Waals surface area contributed by atoms with Gasteiger partial charge in [-0.15, -0.1) is 0 Å². The monoisotopic (exact) mass is 162 g/mol. The van der Waals surface area contributed by atoms with Gasteiger partial charge in [-0.25, -0.2) is 0 Å². The van der Waals surface area contributed by atoms with Crippen molar-refractivity contribution in [1.82, 2.24) is 0 Å². The first kappa shape index (κ1) is 7.16. The van der Waals surface area contributed by atoms with Crippen LogP contribution in [0, 0.1) is 0 Å². The molecule has 1 aromatic carbocycles. The van der Waals surface area contributed by atoms with Gasteiger partial charge in [-0.3, -0.25) is 4.79 Å². The van der Waals surface area contributed by atoms with Crippen molar-refractivity contribution in [2.45, 2.75) is 0 Å². The molecule has 1 heterocycles. The molecule has 1 saturated heterocycles. The Labute approximate surface area is 70.8 Å². The highest BCUT2D eigenvalue weighted by molar-refractivity contribution is 5.99. The molecule has 1 amide bonds. The van der Waals surface area contributed by atoms with Crippen LogP contribution in [0.2, 0.25) is 0 Å². The van der Waals surface area contributed by atoms with E-state index in [0.717, 1.165) is 18.8 Å². The molecule has 3 heteroatoms. The maximum absolute atomic E-state index is 10.9. The molecule has 0 aliphatic carbocycles. The van der Waals surface area contributed by atoms with Crippen molar-refractivity contribution in [3.8, 4) is 0 Å². The highest BCUT2D eigenvalue weighted by Gasteiger charge is 2.21. The molecule has 1 fully saturated rings. The number of para-hydroxylation sites is 1. The van der Waals surface area contributed by atoms with Crippen LogP contribution in [0.5, 0.6) is 0 Å². The van der Waals surface area contributed by atoms with E-state index in [4.69, 9.17) is 5.73 Å². The summed E-state index contributed by atoms with van der Waals surface area (Å²) in [6, 6.07) is 7.43. The fourth-order valence-corrected chi connectivity index (χ4v) is 1.25. The Kier molecular flexibility index (Phi) is 1.50. The number of amides is 1. The lowest BCUT2D eigenvalue weighted by Gasteiger charge is -2.06. The van der Waals surface area contributed by atoms with E-state index in [1.807, 2.05) is 18.2 Å². The second-order valence-electron chi connectivity index (χ2n) is 2.87. The molecule has 2 N–H and O–H groups in total. The molecule has 0 radical (unpaired) electrons. The molecule has 0 atom stereocenters. The van der Waals surface area contributed by atoms with Crippen molar-refractivity contribution in [3.05, 3.63) is 29.8 Å². The molecule has 3 nitrogen and oxygen atoms in total. The number of nitrogens with zero attached hydrogens (tertiary/aromatic N) is 1. The average Bonchev–Trinajstić information content (AvgIpc) is 2.87. The van der Waals surface area contributed by atoms with E-state index in [-0.39, 0.29) is 5.91 Å². The fourth-order valence-electron chi connectivity index (χ4n) is 1.25. The van der Waals surface area contributed by atoms with Crippen LogP contribution in [-0.4, -0.2) is 19.0 Å². The van der Waals surface area contributed by atoms with Crippen molar-refractivity contribution < 1.29 is 4.79 Å². The lowest BCUT2D eigenvalue weighted by molar-refractivity contribution is 0.100. The number of benzene rings is 1. The van der Waals surface area contributed by atoms with Crippen molar-refractivity contribution in [2.24, 2.45) is 5.73 Å². The quantitative estimate of drug-likeness (QED) is 0.647. The van der Waals surface area contributed by atoms with Crippen LogP contribution < -0.4 is 10.6 Å². The Bertz CT molecular complexity index is 318. The van der Waals surface area contributed by atoms with E-state index in [9.17, 15) is 4.79 Å². The van der Waals surface area contributed by atoms with Crippen LogP contribution in [0.4, 0.5) is 5.69 Å². The average molecular weight is 162 g/mol. The van der Waals surface area contributed by atoms with E-state index >= 15 is 0 Å². The zero-order valence-corrected chi connectivity index (χ0v) is 6.66. The molecule has 1 aromatic rings. The van der Waals surface area contributed by atoms with Crippen LogP contribution in [0.3, 0.4) is 0 Å². The number of anilines is 1. The summed E-state index contributed by atoms with van der Waals surface area (Å²) in [4.78, 5) is 13.1. The van der Waals surface area contributed by atoms with Crippen molar-refractivity contribution in [2.75, 3.05) is 18.0 Å². The Morgan fingerprint density at radius 2 is 2.00 bits per heavy atom. The third-order valence-corrected chi connectivity index (χ3v) is 1.96. The standard InChI is InChI=1S/C9H10N2O/c10-9(12)7-3-1-2-4-8(7)11-5-6-11/h1-4H,5-6H2,(H2,10,12). The van der Waals surface area contributed by atoms with Gasteiger partial charge >= 0.3 is 0 Å². The first-order valence-corrected chi connectivity index (χ1v) is 3.93. The molecule has 0 saturated carbocycles. The minimum Gasteiger partial charge on any atom is -0.367 e. The van der Waals surface area contributed by atoms with Gasteiger partial charge in [-0.2, -0.15) is 0 Å².